The minimum Gasteiger partial charge on any atom is -0.342 e. The first-order valence-corrected chi connectivity index (χ1v) is 6.74. The lowest BCUT2D eigenvalue weighted by Gasteiger charge is -2.34. The Hall–Kier alpha value is -1.12. The number of rotatable bonds is 3. The highest BCUT2D eigenvalue weighted by Crippen LogP contribution is 2.30. The lowest BCUT2D eigenvalue weighted by molar-refractivity contribution is -0.137. The van der Waals surface area contributed by atoms with Crippen molar-refractivity contribution in [2.45, 2.75) is 45.4 Å². The first-order valence-electron chi connectivity index (χ1n) is 6.74. The molecular formula is C14H21NO2. The van der Waals surface area contributed by atoms with Gasteiger partial charge in [-0.1, -0.05) is 12.5 Å². The molecular weight excluding hydrogens is 214 g/mol. The first kappa shape index (κ1) is 12.3. The number of allylic oxidation sites excluding steroid dienone is 1. The van der Waals surface area contributed by atoms with E-state index in [0.717, 1.165) is 50.8 Å². The van der Waals surface area contributed by atoms with E-state index < -0.39 is 0 Å². The number of nitrogens with zero attached hydrogens (tertiary/aromatic N) is 1. The number of hydrogen-bond donors (Lipinski definition) is 0. The molecule has 3 nitrogen and oxygen atoms in total. The van der Waals surface area contributed by atoms with Crippen LogP contribution < -0.4 is 0 Å². The molecule has 0 N–H and O–H groups in total. The van der Waals surface area contributed by atoms with Crippen molar-refractivity contribution in [3.05, 3.63) is 11.6 Å². The van der Waals surface area contributed by atoms with Crippen LogP contribution in [0.1, 0.15) is 45.4 Å². The van der Waals surface area contributed by atoms with Crippen molar-refractivity contribution in [1.29, 1.82) is 0 Å². The Morgan fingerprint density at radius 1 is 1.29 bits per heavy atom. The third kappa shape index (κ3) is 2.76. The maximum absolute atomic E-state index is 12.3. The largest absolute Gasteiger partial charge is 0.342 e. The smallest absolute Gasteiger partial charge is 0.229 e. The van der Waals surface area contributed by atoms with Crippen molar-refractivity contribution >= 4 is 11.7 Å². The number of ketones is 1. The lowest BCUT2D eigenvalue weighted by Crippen LogP contribution is -2.42. The van der Waals surface area contributed by atoms with Gasteiger partial charge in [-0.2, -0.15) is 0 Å². The van der Waals surface area contributed by atoms with Crippen LogP contribution in [0.25, 0.3) is 0 Å². The maximum Gasteiger partial charge on any atom is 0.229 e. The van der Waals surface area contributed by atoms with Gasteiger partial charge in [0.1, 0.15) is 0 Å². The Bertz CT molecular complexity index is 344. The zero-order valence-corrected chi connectivity index (χ0v) is 10.6. The van der Waals surface area contributed by atoms with Crippen molar-refractivity contribution in [1.82, 2.24) is 4.90 Å². The molecule has 17 heavy (non-hydrogen) atoms. The predicted octanol–water partition coefficient (Wildman–Crippen LogP) is 2.31. The van der Waals surface area contributed by atoms with E-state index in [0.29, 0.717) is 6.42 Å². The summed E-state index contributed by atoms with van der Waals surface area (Å²) in [5.74, 6) is 0.449. The molecule has 0 bridgehead atoms. The summed E-state index contributed by atoms with van der Waals surface area (Å²) in [6.07, 6.45) is 7.26. The van der Waals surface area contributed by atoms with Crippen LogP contribution in [0, 0.1) is 5.92 Å². The van der Waals surface area contributed by atoms with Crippen molar-refractivity contribution < 1.29 is 9.59 Å². The van der Waals surface area contributed by atoms with Gasteiger partial charge in [0.15, 0.2) is 5.78 Å². The average Bonchev–Trinajstić information content (AvgIpc) is 2.32. The molecule has 94 valence electrons. The van der Waals surface area contributed by atoms with Crippen LogP contribution in [-0.2, 0) is 9.59 Å². The second-order valence-electron chi connectivity index (χ2n) is 5.06. The third-order valence-corrected chi connectivity index (χ3v) is 3.71. The van der Waals surface area contributed by atoms with Gasteiger partial charge in [-0.05, 0) is 38.2 Å². The zero-order valence-electron chi connectivity index (χ0n) is 10.6. The monoisotopic (exact) mass is 235 g/mol. The Kier molecular flexibility index (Phi) is 3.97. The minimum atomic E-state index is -0.000417. The molecule has 1 aliphatic heterocycles. The molecule has 0 aromatic rings. The van der Waals surface area contributed by atoms with Crippen LogP contribution in [0.5, 0.6) is 0 Å². The van der Waals surface area contributed by atoms with E-state index in [1.165, 1.54) is 0 Å². The van der Waals surface area contributed by atoms with Gasteiger partial charge in [-0.15, -0.1) is 0 Å². The Labute approximate surface area is 103 Å². The number of likely N-dealkylation sites (tertiary alicyclic amines) is 1. The summed E-state index contributed by atoms with van der Waals surface area (Å²) >= 11 is 0. The Morgan fingerprint density at radius 2 is 2.12 bits per heavy atom. The van der Waals surface area contributed by atoms with Gasteiger partial charge < -0.3 is 4.90 Å². The number of hydrogen-bond acceptors (Lipinski definition) is 2. The molecule has 2 rings (SSSR count). The molecule has 1 fully saturated rings. The summed E-state index contributed by atoms with van der Waals surface area (Å²) in [6, 6.07) is 0. The van der Waals surface area contributed by atoms with Crippen LogP contribution >= 0.6 is 0 Å². The van der Waals surface area contributed by atoms with Gasteiger partial charge in [-0.3, -0.25) is 9.59 Å². The van der Waals surface area contributed by atoms with E-state index in [1.807, 2.05) is 4.90 Å². The van der Waals surface area contributed by atoms with E-state index >= 15 is 0 Å². The normalized spacial score (nSPS) is 26.1. The van der Waals surface area contributed by atoms with E-state index in [2.05, 4.69) is 6.92 Å². The van der Waals surface area contributed by atoms with Crippen molar-refractivity contribution in [3.63, 3.8) is 0 Å². The Balaban J connectivity index is 2.09. The summed E-state index contributed by atoms with van der Waals surface area (Å²) in [4.78, 5) is 25.7. The third-order valence-electron chi connectivity index (χ3n) is 3.71. The highest BCUT2D eigenvalue weighted by molar-refractivity contribution is 5.93. The van der Waals surface area contributed by atoms with E-state index in [4.69, 9.17) is 0 Å². The van der Waals surface area contributed by atoms with Crippen LogP contribution in [0.15, 0.2) is 11.6 Å². The topological polar surface area (TPSA) is 37.4 Å². The Morgan fingerprint density at radius 3 is 2.82 bits per heavy atom. The summed E-state index contributed by atoms with van der Waals surface area (Å²) in [6.45, 7) is 3.85. The quantitative estimate of drug-likeness (QED) is 0.752. The summed E-state index contributed by atoms with van der Waals surface area (Å²) < 4.78 is 0. The molecule has 1 unspecified atom stereocenters. The molecule has 2 aliphatic rings. The molecule has 0 aromatic carbocycles. The van der Waals surface area contributed by atoms with Crippen LogP contribution in [0.2, 0.25) is 0 Å². The first-order chi connectivity index (χ1) is 8.22. The molecule has 0 radical (unpaired) electrons. The molecule has 1 saturated heterocycles. The highest BCUT2D eigenvalue weighted by atomic mass is 16.2. The molecule has 0 saturated carbocycles. The van der Waals surface area contributed by atoms with Gasteiger partial charge in [0, 0.05) is 19.5 Å². The van der Waals surface area contributed by atoms with Gasteiger partial charge in [0.25, 0.3) is 0 Å². The molecule has 0 aromatic heterocycles. The fourth-order valence-corrected chi connectivity index (χ4v) is 2.87. The second kappa shape index (κ2) is 5.48. The molecule has 1 aliphatic carbocycles. The molecule has 0 spiro atoms. The summed E-state index contributed by atoms with van der Waals surface area (Å²) in [5.41, 5.74) is 1.09. The fraction of sp³-hybridized carbons (Fsp3) is 0.714. The van der Waals surface area contributed by atoms with Crippen molar-refractivity contribution in [2.24, 2.45) is 5.92 Å². The standard InChI is InChI=1S/C14H21NO2/c1-2-8-15-9-4-7-13(14(15)17)11-5-3-6-12(16)10-11/h10,13H,2-9H2,1H3. The number of carbonyl (C=O) groups is 2. The minimum absolute atomic E-state index is 0.000417. The van der Waals surface area contributed by atoms with Gasteiger partial charge in [0.2, 0.25) is 5.91 Å². The second-order valence-corrected chi connectivity index (χ2v) is 5.06. The van der Waals surface area contributed by atoms with Gasteiger partial charge in [-0.25, -0.2) is 0 Å². The van der Waals surface area contributed by atoms with Crippen LogP contribution in [-0.4, -0.2) is 29.7 Å². The van der Waals surface area contributed by atoms with E-state index in [-0.39, 0.29) is 17.6 Å². The zero-order chi connectivity index (χ0) is 12.3. The highest BCUT2D eigenvalue weighted by Gasteiger charge is 2.31. The predicted molar refractivity (Wildman–Crippen MR) is 66.5 cm³/mol. The average molecular weight is 235 g/mol. The molecule has 1 heterocycles. The number of amides is 1. The van der Waals surface area contributed by atoms with Crippen LogP contribution in [0.3, 0.4) is 0 Å². The fourth-order valence-electron chi connectivity index (χ4n) is 2.87. The van der Waals surface area contributed by atoms with E-state index in [9.17, 15) is 9.59 Å². The number of piperidine rings is 1. The van der Waals surface area contributed by atoms with Crippen molar-refractivity contribution in [2.75, 3.05) is 13.1 Å². The SMILES string of the molecule is CCCN1CCCC(C2=CC(=O)CCC2)C1=O. The van der Waals surface area contributed by atoms with E-state index in [1.54, 1.807) is 6.08 Å². The molecule has 3 heteroatoms. The van der Waals surface area contributed by atoms with Crippen molar-refractivity contribution in [3.8, 4) is 0 Å². The van der Waals surface area contributed by atoms with Gasteiger partial charge >= 0.3 is 0 Å². The summed E-state index contributed by atoms with van der Waals surface area (Å²) in [5, 5.41) is 0. The lowest BCUT2D eigenvalue weighted by atomic mass is 9.83. The van der Waals surface area contributed by atoms with Gasteiger partial charge in [0.05, 0.1) is 5.92 Å². The number of carbonyl (C=O) groups excluding carboxylic acids is 2. The summed E-state index contributed by atoms with van der Waals surface area (Å²) in [7, 11) is 0. The maximum atomic E-state index is 12.3. The molecule has 1 atom stereocenters. The molecule has 1 amide bonds. The van der Waals surface area contributed by atoms with Crippen LogP contribution in [0.4, 0.5) is 0 Å².